The molecule has 0 spiro atoms. The molecule has 1 atom stereocenters. The summed E-state index contributed by atoms with van der Waals surface area (Å²) in [5.74, 6) is 0.479. The molecule has 3 N–H and O–H groups in total. The summed E-state index contributed by atoms with van der Waals surface area (Å²) in [5.41, 5.74) is 6.37. The molecule has 0 saturated carbocycles. The van der Waals surface area contributed by atoms with Crippen molar-refractivity contribution in [2.24, 2.45) is 10.7 Å². The van der Waals surface area contributed by atoms with Crippen LogP contribution in [0.5, 0.6) is 0 Å². The molecule has 1 aromatic carbocycles. The molecule has 2 rings (SSSR count). The van der Waals surface area contributed by atoms with Crippen molar-refractivity contribution in [2.75, 3.05) is 6.54 Å². The second-order valence-corrected chi connectivity index (χ2v) is 4.05. The zero-order valence-electron chi connectivity index (χ0n) is 7.92. The average molecular weight is 210 g/mol. The van der Waals surface area contributed by atoms with E-state index < -0.39 is 0 Å². The van der Waals surface area contributed by atoms with Gasteiger partial charge in [0.25, 0.3) is 0 Å². The Bertz CT molecular complexity index is 389. The van der Waals surface area contributed by atoms with Crippen LogP contribution in [0.3, 0.4) is 0 Å². The summed E-state index contributed by atoms with van der Waals surface area (Å²) in [7, 11) is 0. The summed E-state index contributed by atoms with van der Waals surface area (Å²) in [4.78, 5) is 4.13. The minimum atomic E-state index is -0.261. The molecular formula is C10H12ClN3. The van der Waals surface area contributed by atoms with Gasteiger partial charge in [0.05, 0.1) is 12.1 Å². The number of aliphatic imine (C=N–C) groups is 1. The predicted molar refractivity (Wildman–Crippen MR) is 58.4 cm³/mol. The fraction of sp³-hybridized carbons (Fsp3) is 0.300. The van der Waals surface area contributed by atoms with E-state index in [-0.39, 0.29) is 5.54 Å². The molecule has 0 radical (unpaired) electrons. The highest BCUT2D eigenvalue weighted by Crippen LogP contribution is 2.29. The van der Waals surface area contributed by atoms with Gasteiger partial charge in [-0.2, -0.15) is 0 Å². The molecule has 3 nitrogen and oxygen atoms in total. The van der Waals surface area contributed by atoms with Crippen molar-refractivity contribution in [3.63, 3.8) is 0 Å². The largest absolute Gasteiger partial charge is 0.370 e. The van der Waals surface area contributed by atoms with Crippen LogP contribution in [0.1, 0.15) is 12.5 Å². The number of guanidine groups is 1. The SMILES string of the molecule is CC1(c2ccccc2Cl)CN=C(N)N1. The Balaban J connectivity index is 2.37. The number of rotatable bonds is 1. The van der Waals surface area contributed by atoms with Gasteiger partial charge in [-0.1, -0.05) is 29.8 Å². The van der Waals surface area contributed by atoms with Crippen LogP contribution >= 0.6 is 11.6 Å². The standard InChI is InChI=1S/C10H12ClN3/c1-10(6-13-9(12)14-10)7-4-2-3-5-8(7)11/h2-5H,6H2,1H3,(H3,12,13,14). The van der Waals surface area contributed by atoms with Crippen LogP contribution in [0.25, 0.3) is 0 Å². The van der Waals surface area contributed by atoms with Gasteiger partial charge >= 0.3 is 0 Å². The van der Waals surface area contributed by atoms with Gasteiger partial charge in [0.2, 0.25) is 0 Å². The number of nitrogens with zero attached hydrogens (tertiary/aromatic N) is 1. The number of hydrogen-bond acceptors (Lipinski definition) is 3. The van der Waals surface area contributed by atoms with E-state index in [0.29, 0.717) is 12.5 Å². The summed E-state index contributed by atoms with van der Waals surface area (Å²) in [6.07, 6.45) is 0. The molecule has 1 unspecified atom stereocenters. The molecule has 74 valence electrons. The highest BCUT2D eigenvalue weighted by molar-refractivity contribution is 6.31. The Morgan fingerprint density at radius 3 is 2.79 bits per heavy atom. The van der Waals surface area contributed by atoms with Crippen molar-refractivity contribution in [3.8, 4) is 0 Å². The number of nitrogens with two attached hydrogens (primary N) is 1. The summed E-state index contributed by atoms with van der Waals surface area (Å²) in [5, 5.41) is 3.87. The summed E-state index contributed by atoms with van der Waals surface area (Å²) < 4.78 is 0. The van der Waals surface area contributed by atoms with Gasteiger partial charge in [0.1, 0.15) is 0 Å². The normalized spacial score (nSPS) is 25.7. The number of hydrogen-bond donors (Lipinski definition) is 2. The van der Waals surface area contributed by atoms with Crippen molar-refractivity contribution in [2.45, 2.75) is 12.5 Å². The molecular weight excluding hydrogens is 198 g/mol. The lowest BCUT2D eigenvalue weighted by Gasteiger charge is -2.25. The van der Waals surface area contributed by atoms with Crippen molar-refractivity contribution < 1.29 is 0 Å². The molecule has 0 saturated heterocycles. The molecule has 0 amide bonds. The summed E-state index contributed by atoms with van der Waals surface area (Å²) in [6.45, 7) is 2.67. The third-order valence-corrected chi connectivity index (χ3v) is 2.77. The average Bonchev–Trinajstić information content (AvgIpc) is 2.48. The van der Waals surface area contributed by atoms with E-state index in [4.69, 9.17) is 17.3 Å². The summed E-state index contributed by atoms with van der Waals surface area (Å²) in [6, 6.07) is 7.73. The molecule has 0 bridgehead atoms. The number of halogens is 1. The van der Waals surface area contributed by atoms with Crippen molar-refractivity contribution in [3.05, 3.63) is 34.9 Å². The molecule has 1 aliphatic heterocycles. The monoisotopic (exact) mass is 209 g/mol. The van der Waals surface area contributed by atoms with Gasteiger partial charge in [-0.25, -0.2) is 0 Å². The van der Waals surface area contributed by atoms with E-state index in [2.05, 4.69) is 10.3 Å². The summed E-state index contributed by atoms with van der Waals surface area (Å²) >= 11 is 6.11. The Morgan fingerprint density at radius 2 is 2.21 bits per heavy atom. The van der Waals surface area contributed by atoms with Crippen molar-refractivity contribution in [1.29, 1.82) is 0 Å². The number of benzene rings is 1. The smallest absolute Gasteiger partial charge is 0.189 e. The number of nitrogens with one attached hydrogen (secondary N) is 1. The van der Waals surface area contributed by atoms with Gasteiger partial charge < -0.3 is 11.1 Å². The van der Waals surface area contributed by atoms with E-state index in [1.54, 1.807) is 0 Å². The molecule has 0 aromatic heterocycles. The Labute approximate surface area is 88.0 Å². The van der Waals surface area contributed by atoms with E-state index in [0.717, 1.165) is 10.6 Å². The van der Waals surface area contributed by atoms with Crippen LogP contribution in [0.4, 0.5) is 0 Å². The van der Waals surface area contributed by atoms with Crippen LogP contribution in [0.2, 0.25) is 5.02 Å². The predicted octanol–water partition coefficient (Wildman–Crippen LogP) is 1.47. The lowest BCUT2D eigenvalue weighted by Crippen LogP contribution is -2.43. The topological polar surface area (TPSA) is 50.4 Å². The maximum Gasteiger partial charge on any atom is 0.189 e. The maximum absolute atomic E-state index is 6.11. The Morgan fingerprint density at radius 1 is 1.50 bits per heavy atom. The third kappa shape index (κ3) is 1.44. The Hall–Kier alpha value is -1.22. The highest BCUT2D eigenvalue weighted by atomic mass is 35.5. The minimum Gasteiger partial charge on any atom is -0.370 e. The first kappa shape index (κ1) is 9.34. The third-order valence-electron chi connectivity index (χ3n) is 2.44. The fourth-order valence-corrected chi connectivity index (χ4v) is 2.01. The quantitative estimate of drug-likeness (QED) is 0.736. The first-order chi connectivity index (χ1) is 6.62. The molecule has 0 fully saturated rings. The first-order valence-corrected chi connectivity index (χ1v) is 4.83. The lowest BCUT2D eigenvalue weighted by molar-refractivity contribution is 0.480. The van der Waals surface area contributed by atoms with Gasteiger partial charge in [0.15, 0.2) is 5.96 Å². The van der Waals surface area contributed by atoms with Gasteiger partial charge in [-0.3, -0.25) is 4.99 Å². The van der Waals surface area contributed by atoms with Gasteiger partial charge in [-0.05, 0) is 18.6 Å². The van der Waals surface area contributed by atoms with E-state index in [9.17, 15) is 0 Å². The zero-order valence-corrected chi connectivity index (χ0v) is 8.67. The Kier molecular flexibility index (Phi) is 2.11. The maximum atomic E-state index is 6.11. The van der Waals surface area contributed by atoms with Crippen LogP contribution in [-0.4, -0.2) is 12.5 Å². The highest BCUT2D eigenvalue weighted by Gasteiger charge is 2.32. The molecule has 1 heterocycles. The first-order valence-electron chi connectivity index (χ1n) is 4.45. The van der Waals surface area contributed by atoms with E-state index in [1.807, 2.05) is 31.2 Å². The van der Waals surface area contributed by atoms with E-state index >= 15 is 0 Å². The van der Waals surface area contributed by atoms with Crippen LogP contribution < -0.4 is 11.1 Å². The second kappa shape index (κ2) is 3.17. The molecule has 1 aliphatic rings. The molecule has 1 aromatic rings. The molecule has 4 heteroatoms. The molecule has 14 heavy (non-hydrogen) atoms. The van der Waals surface area contributed by atoms with Gasteiger partial charge in [0, 0.05) is 5.02 Å². The van der Waals surface area contributed by atoms with Crippen LogP contribution in [0.15, 0.2) is 29.3 Å². The molecule has 0 aliphatic carbocycles. The fourth-order valence-electron chi connectivity index (χ4n) is 1.67. The van der Waals surface area contributed by atoms with Crippen LogP contribution in [0, 0.1) is 0 Å². The van der Waals surface area contributed by atoms with Gasteiger partial charge in [-0.15, -0.1) is 0 Å². The minimum absolute atomic E-state index is 0.261. The zero-order chi connectivity index (χ0) is 10.2. The second-order valence-electron chi connectivity index (χ2n) is 3.64. The van der Waals surface area contributed by atoms with Crippen molar-refractivity contribution >= 4 is 17.6 Å². The lowest BCUT2D eigenvalue weighted by atomic mass is 9.93. The van der Waals surface area contributed by atoms with E-state index in [1.165, 1.54) is 0 Å². The van der Waals surface area contributed by atoms with Crippen molar-refractivity contribution in [1.82, 2.24) is 5.32 Å². The van der Waals surface area contributed by atoms with Crippen LogP contribution in [-0.2, 0) is 5.54 Å².